The Morgan fingerprint density at radius 2 is 2.11 bits per heavy atom. The Kier molecular flexibility index (Phi) is 3.80. The quantitative estimate of drug-likeness (QED) is 0.885. The summed E-state index contributed by atoms with van der Waals surface area (Å²) in [6.07, 6.45) is 1.86. The number of nitrogens with zero attached hydrogens (tertiary/aromatic N) is 1. The molecule has 104 valence electrons. The first-order valence-electron chi connectivity index (χ1n) is 6.70. The Hall–Kier alpha value is -1.55. The Morgan fingerprint density at radius 1 is 1.37 bits per heavy atom. The van der Waals surface area contributed by atoms with Crippen LogP contribution in [-0.4, -0.2) is 16.2 Å². The molecule has 4 nitrogen and oxygen atoms in total. The molecule has 0 spiro atoms. The van der Waals surface area contributed by atoms with Gasteiger partial charge in [-0.3, -0.25) is 5.10 Å². The molecule has 0 amide bonds. The van der Waals surface area contributed by atoms with E-state index in [1.807, 2.05) is 25.3 Å². The van der Waals surface area contributed by atoms with Crippen LogP contribution in [0.3, 0.4) is 0 Å². The molecule has 2 aromatic heterocycles. The van der Waals surface area contributed by atoms with Crippen LogP contribution in [0.15, 0.2) is 22.7 Å². The number of rotatable bonds is 4. The molecule has 0 radical (unpaired) electrons. The van der Waals surface area contributed by atoms with Crippen molar-refractivity contribution in [1.29, 1.82) is 0 Å². The molecule has 0 saturated heterocycles. The van der Waals surface area contributed by atoms with Crippen LogP contribution < -0.4 is 5.32 Å². The Morgan fingerprint density at radius 3 is 2.68 bits per heavy atom. The van der Waals surface area contributed by atoms with Crippen molar-refractivity contribution in [1.82, 2.24) is 15.5 Å². The van der Waals surface area contributed by atoms with Crippen molar-refractivity contribution in [2.45, 2.75) is 47.2 Å². The first kappa shape index (κ1) is 13.9. The minimum atomic E-state index is 0.241. The van der Waals surface area contributed by atoms with Gasteiger partial charge in [0.05, 0.1) is 6.20 Å². The van der Waals surface area contributed by atoms with Crippen LogP contribution in [0.2, 0.25) is 0 Å². The summed E-state index contributed by atoms with van der Waals surface area (Å²) in [6, 6.07) is 4.36. The molecular weight excluding hydrogens is 238 g/mol. The average molecular weight is 261 g/mol. The molecule has 0 aromatic carbocycles. The van der Waals surface area contributed by atoms with E-state index < -0.39 is 0 Å². The van der Waals surface area contributed by atoms with Crippen LogP contribution in [-0.2, 0) is 6.54 Å². The number of aromatic nitrogens is 2. The lowest BCUT2D eigenvalue weighted by Gasteiger charge is -2.28. The van der Waals surface area contributed by atoms with E-state index in [0.29, 0.717) is 6.04 Å². The van der Waals surface area contributed by atoms with Gasteiger partial charge in [-0.05, 0) is 31.4 Å². The molecule has 4 heteroatoms. The van der Waals surface area contributed by atoms with E-state index in [1.165, 1.54) is 0 Å². The Bertz CT molecular complexity index is 534. The minimum absolute atomic E-state index is 0.241. The third-order valence-electron chi connectivity index (χ3n) is 3.60. The van der Waals surface area contributed by atoms with Crippen molar-refractivity contribution in [2.24, 2.45) is 5.41 Å². The molecule has 2 heterocycles. The largest absolute Gasteiger partial charge is 0.460 e. The lowest BCUT2D eigenvalue weighted by Crippen LogP contribution is -2.37. The molecule has 2 rings (SSSR count). The first-order chi connectivity index (χ1) is 8.88. The number of aryl methyl sites for hydroxylation is 1. The number of hydrogen-bond donors (Lipinski definition) is 2. The molecule has 0 bridgehead atoms. The molecule has 2 aromatic rings. The van der Waals surface area contributed by atoms with Gasteiger partial charge in [0.1, 0.15) is 11.5 Å². The van der Waals surface area contributed by atoms with Crippen LogP contribution in [0.1, 0.15) is 39.0 Å². The van der Waals surface area contributed by atoms with Crippen molar-refractivity contribution in [2.75, 3.05) is 0 Å². The highest BCUT2D eigenvalue weighted by atomic mass is 16.3. The van der Waals surface area contributed by atoms with Gasteiger partial charge in [0.15, 0.2) is 5.76 Å². The maximum Gasteiger partial charge on any atom is 0.152 e. The van der Waals surface area contributed by atoms with Crippen molar-refractivity contribution in [3.63, 3.8) is 0 Å². The van der Waals surface area contributed by atoms with E-state index in [-0.39, 0.29) is 5.41 Å². The SMILES string of the molecule is Cc1ccc(-c2[nH]ncc2CNC(C)C(C)(C)C)o1. The van der Waals surface area contributed by atoms with Gasteiger partial charge >= 0.3 is 0 Å². The van der Waals surface area contributed by atoms with Crippen LogP contribution in [0.25, 0.3) is 11.5 Å². The summed E-state index contributed by atoms with van der Waals surface area (Å²) >= 11 is 0. The van der Waals surface area contributed by atoms with Crippen molar-refractivity contribution >= 4 is 0 Å². The maximum atomic E-state index is 5.64. The second-order valence-corrected chi connectivity index (χ2v) is 6.15. The Labute approximate surface area is 114 Å². The molecule has 0 fully saturated rings. The van der Waals surface area contributed by atoms with Gasteiger partial charge < -0.3 is 9.73 Å². The molecule has 2 N–H and O–H groups in total. The zero-order valence-corrected chi connectivity index (χ0v) is 12.4. The maximum absolute atomic E-state index is 5.64. The summed E-state index contributed by atoms with van der Waals surface area (Å²) in [5.41, 5.74) is 2.33. The smallest absolute Gasteiger partial charge is 0.152 e. The topological polar surface area (TPSA) is 53.9 Å². The molecular formula is C15H23N3O. The first-order valence-corrected chi connectivity index (χ1v) is 6.70. The second kappa shape index (κ2) is 5.21. The molecule has 0 aliphatic rings. The fraction of sp³-hybridized carbons (Fsp3) is 0.533. The van der Waals surface area contributed by atoms with Crippen molar-refractivity contribution < 1.29 is 4.42 Å². The number of hydrogen-bond acceptors (Lipinski definition) is 3. The highest BCUT2D eigenvalue weighted by molar-refractivity contribution is 5.56. The second-order valence-electron chi connectivity index (χ2n) is 6.15. The van der Waals surface area contributed by atoms with Crippen LogP contribution in [0.4, 0.5) is 0 Å². The van der Waals surface area contributed by atoms with E-state index in [9.17, 15) is 0 Å². The van der Waals surface area contributed by atoms with Crippen LogP contribution >= 0.6 is 0 Å². The summed E-state index contributed by atoms with van der Waals surface area (Å²) in [6.45, 7) is 11.6. The third-order valence-corrected chi connectivity index (χ3v) is 3.60. The van der Waals surface area contributed by atoms with E-state index >= 15 is 0 Å². The standard InChI is InChI=1S/C15H23N3O/c1-10-6-7-13(19-10)14-12(9-17-18-14)8-16-11(2)15(3,4)5/h6-7,9,11,16H,8H2,1-5H3,(H,17,18). The van der Waals surface area contributed by atoms with Crippen LogP contribution in [0.5, 0.6) is 0 Å². The van der Waals surface area contributed by atoms with Gasteiger partial charge in [-0.2, -0.15) is 5.10 Å². The van der Waals surface area contributed by atoms with Gasteiger partial charge in [-0.25, -0.2) is 0 Å². The van der Waals surface area contributed by atoms with Gasteiger partial charge in [0, 0.05) is 18.2 Å². The summed E-state index contributed by atoms with van der Waals surface area (Å²) in [4.78, 5) is 0. The molecule has 1 atom stereocenters. The zero-order chi connectivity index (χ0) is 14.0. The minimum Gasteiger partial charge on any atom is -0.460 e. The summed E-state index contributed by atoms with van der Waals surface area (Å²) in [7, 11) is 0. The van der Waals surface area contributed by atoms with E-state index in [4.69, 9.17) is 4.42 Å². The van der Waals surface area contributed by atoms with E-state index in [0.717, 1.165) is 29.3 Å². The van der Waals surface area contributed by atoms with Gasteiger partial charge in [-0.1, -0.05) is 20.8 Å². The predicted octanol–water partition coefficient (Wildman–Crippen LogP) is 3.50. The monoisotopic (exact) mass is 261 g/mol. The van der Waals surface area contributed by atoms with E-state index in [2.05, 4.69) is 43.2 Å². The summed E-state index contributed by atoms with van der Waals surface area (Å²) in [5, 5.41) is 10.7. The molecule has 0 aliphatic carbocycles. The number of furan rings is 1. The van der Waals surface area contributed by atoms with E-state index in [1.54, 1.807) is 0 Å². The highest BCUT2D eigenvalue weighted by Crippen LogP contribution is 2.24. The van der Waals surface area contributed by atoms with Crippen molar-refractivity contribution in [3.8, 4) is 11.5 Å². The van der Waals surface area contributed by atoms with Crippen LogP contribution in [0, 0.1) is 12.3 Å². The molecule has 1 unspecified atom stereocenters. The zero-order valence-electron chi connectivity index (χ0n) is 12.4. The highest BCUT2D eigenvalue weighted by Gasteiger charge is 2.20. The normalized spacial score (nSPS) is 13.7. The van der Waals surface area contributed by atoms with Gasteiger partial charge in [0.2, 0.25) is 0 Å². The fourth-order valence-corrected chi connectivity index (χ4v) is 1.80. The fourth-order valence-electron chi connectivity index (χ4n) is 1.80. The average Bonchev–Trinajstić information content (AvgIpc) is 2.92. The number of aromatic amines is 1. The number of nitrogens with one attached hydrogen (secondary N) is 2. The summed E-state index contributed by atoms with van der Waals surface area (Å²) < 4.78 is 5.64. The number of H-pyrrole nitrogens is 1. The molecule has 0 aliphatic heterocycles. The van der Waals surface area contributed by atoms with Crippen molar-refractivity contribution in [3.05, 3.63) is 29.7 Å². The van der Waals surface area contributed by atoms with Gasteiger partial charge in [-0.15, -0.1) is 0 Å². The van der Waals surface area contributed by atoms with Gasteiger partial charge in [0.25, 0.3) is 0 Å². The Balaban J connectivity index is 2.09. The lowest BCUT2D eigenvalue weighted by atomic mass is 9.88. The lowest BCUT2D eigenvalue weighted by molar-refractivity contribution is 0.285. The summed E-state index contributed by atoms with van der Waals surface area (Å²) in [5.74, 6) is 1.75. The third kappa shape index (κ3) is 3.26. The molecule has 19 heavy (non-hydrogen) atoms. The molecule has 0 saturated carbocycles. The predicted molar refractivity (Wildman–Crippen MR) is 76.8 cm³/mol.